The average molecular weight is 1880 g/mol. The molecule has 6 nitrogen and oxygen atoms in total. The van der Waals surface area contributed by atoms with Crippen LogP contribution in [-0.4, -0.2) is 99.4 Å². The Balaban J connectivity index is 0.000000210. The number of hydrogen-bond donors (Lipinski definition) is 0. The van der Waals surface area contributed by atoms with Gasteiger partial charge in [-0.1, -0.05) is 169 Å². The van der Waals surface area contributed by atoms with Crippen LogP contribution >= 0.6 is 99.9 Å². The van der Waals surface area contributed by atoms with Crippen LogP contribution in [-0.2, 0) is 0 Å². The van der Waals surface area contributed by atoms with E-state index in [4.69, 9.17) is 0 Å². The van der Waals surface area contributed by atoms with Crippen molar-refractivity contribution in [3.05, 3.63) is 63.8 Å². The molecule has 0 unspecified atom stereocenters. The molecule has 0 aromatic carbocycles. The monoisotopic (exact) mass is 1880 g/mol. The first-order chi connectivity index (χ1) is 49.0. The van der Waals surface area contributed by atoms with Crippen molar-refractivity contribution >= 4 is 203 Å². The summed E-state index contributed by atoms with van der Waals surface area (Å²) in [6.45, 7) is 19.1. The first-order valence-electron chi connectivity index (χ1n) is 40.9. The van der Waals surface area contributed by atoms with E-state index in [1.165, 1.54) is 265 Å². The van der Waals surface area contributed by atoms with Crippen molar-refractivity contribution in [2.75, 3.05) is 13.1 Å². The number of amides is 4. The van der Waals surface area contributed by atoms with E-state index in [0.29, 0.717) is 35.3 Å². The van der Waals surface area contributed by atoms with E-state index in [-0.39, 0.29) is 23.6 Å². The van der Waals surface area contributed by atoms with E-state index in [1.54, 1.807) is 36.4 Å². The van der Waals surface area contributed by atoms with Crippen LogP contribution in [0.25, 0.3) is 29.3 Å². The Hall–Kier alpha value is -0.529. The van der Waals surface area contributed by atoms with Gasteiger partial charge in [0.05, 0.1) is 34.7 Å². The number of carbonyl (C=O) groups is 4. The third-order valence-electron chi connectivity index (χ3n) is 22.3. The molecule has 102 heavy (non-hydrogen) atoms. The standard InChI is InChI=1S/C40H59NO2S3Si.C24H36S2Si.C14H17Br2NO2S.6CH3.2Sn/c1-6-9-12-15-18-21-24-41-39(42)34-30(5)45-36(35(34)40(41)43)31-28-33-38(46-31)37-32(27-29(4)44-37)47(33,25-22-19-16-13-10-7-2)26-23-20-17-14-11-8-3;1-3-5-7-9-11-13-19-27(20-14-12-10-8-6-4-2)21-15-17-25-23(21)24-22(27)16-18-26-24;1-2-3-4-5-6-7-8-17-13(18)9-10(14(17)19)12(16)20-11(9)15;;;;;;;;/h27-28H,6-26H2,1-5H3;15-16H,3-14,19-20H2,1-2H3;2-8H2,1H3;6*1H3;;. The molecular weight excluding hydrogens is 1750 g/mol. The summed E-state index contributed by atoms with van der Waals surface area (Å²) in [6, 6.07) is 16.5. The Morgan fingerprint density at radius 2 is 0.618 bits per heavy atom. The van der Waals surface area contributed by atoms with Gasteiger partial charge in [-0.15, -0.1) is 45.3 Å². The first-order valence-corrected chi connectivity index (χ1v) is 72.2. The number of hydrogen-bond acceptors (Lipinski definition) is 10. The molecule has 0 aliphatic carbocycles. The first kappa shape index (κ1) is 87.1. The molecule has 18 heteroatoms. The number of carbonyl (C=O) groups excluding carboxylic acids is 4. The molecule has 4 amide bonds. The zero-order valence-electron chi connectivity index (χ0n) is 65.7. The van der Waals surface area contributed by atoms with Gasteiger partial charge < -0.3 is 0 Å². The topological polar surface area (TPSA) is 74.8 Å². The third-order valence-corrected chi connectivity index (χ3v) is 61.0. The molecule has 4 aliphatic rings. The van der Waals surface area contributed by atoms with Crippen molar-refractivity contribution in [3.63, 3.8) is 0 Å². The molecule has 10 rings (SSSR count). The fourth-order valence-corrected chi connectivity index (χ4v) is 50.6. The number of unbranched alkanes of at least 4 members (excludes halogenated alkanes) is 30. The SMILES string of the molecule is CCCCCCCCN1C(=O)c2c(Br)sc(Br)c2C1=O.CCCCCCCCN1C(=O)c2c(C)sc(-c3cc4c(s3)-c3sc(C)cc3[Si]4(CCCCCCCC)CCCCCCCC)c2C1=O.CCCCCCCC[Si]1(CCCCCCCC)c2c[c]([Sn]([CH3])([CH3])[CH3])sc2-c2s[c]([Sn]([CH3])([CH3])[CH3])cc21. The Bertz CT molecular complexity index is 3540. The van der Waals surface area contributed by atoms with E-state index >= 15 is 0 Å². The van der Waals surface area contributed by atoms with Gasteiger partial charge in [-0.2, -0.15) is 0 Å². The fourth-order valence-electron chi connectivity index (χ4n) is 16.3. The number of fused-ring (bicyclic) bond motifs is 8. The molecule has 0 spiro atoms. The van der Waals surface area contributed by atoms with Crippen LogP contribution in [0.4, 0.5) is 0 Å². The number of nitrogens with zero attached hydrogens (tertiary/aromatic N) is 2. The maximum absolute atomic E-state index is 13.9. The second-order valence-corrected chi connectivity index (χ2v) is 81.2. The second-order valence-electron chi connectivity index (χ2n) is 32.6. The van der Waals surface area contributed by atoms with Crippen molar-refractivity contribution in [2.45, 2.75) is 340 Å². The summed E-state index contributed by atoms with van der Waals surface area (Å²) in [7, 11) is -3.57. The Morgan fingerprint density at radius 3 is 0.980 bits per heavy atom. The van der Waals surface area contributed by atoms with E-state index in [2.05, 4.69) is 157 Å². The summed E-state index contributed by atoms with van der Waals surface area (Å²) < 4.78 is 5.16. The summed E-state index contributed by atoms with van der Waals surface area (Å²) >= 11 is 14.1. The number of thiophene rings is 6. The molecule has 10 heterocycles. The zero-order valence-corrected chi connectivity index (χ0v) is 81.5. The molecule has 0 N–H and O–H groups in total. The summed E-state index contributed by atoms with van der Waals surface area (Å²) in [4.78, 5) is 82.1. The van der Waals surface area contributed by atoms with Crippen LogP contribution < -0.4 is 26.5 Å². The van der Waals surface area contributed by atoms with E-state index < -0.39 is 52.9 Å². The van der Waals surface area contributed by atoms with Crippen LogP contribution in [0.5, 0.6) is 0 Å². The van der Waals surface area contributed by atoms with Gasteiger partial charge in [-0.3, -0.25) is 29.0 Å². The molecule has 0 fully saturated rings. The van der Waals surface area contributed by atoms with Gasteiger partial charge >= 0.3 is 238 Å². The van der Waals surface area contributed by atoms with E-state index in [1.807, 2.05) is 45.8 Å². The minimum atomic E-state index is -2.08. The van der Waals surface area contributed by atoms with Crippen LogP contribution in [0.1, 0.15) is 324 Å². The molecule has 0 bridgehead atoms. The molecule has 566 valence electrons. The van der Waals surface area contributed by atoms with Crippen molar-refractivity contribution in [3.8, 4) is 29.3 Å². The molecule has 6 aromatic rings. The normalized spacial score (nSPS) is 14.7. The van der Waals surface area contributed by atoms with Crippen molar-refractivity contribution in [2.24, 2.45) is 0 Å². The van der Waals surface area contributed by atoms with Crippen LogP contribution in [0.3, 0.4) is 0 Å². The van der Waals surface area contributed by atoms with Gasteiger partial charge in [0.15, 0.2) is 0 Å². The molecule has 0 radical (unpaired) electrons. The summed E-state index contributed by atoms with van der Waals surface area (Å²) in [5, 5.41) is 7.21. The van der Waals surface area contributed by atoms with Gasteiger partial charge in [0.1, 0.15) is 8.07 Å². The summed E-state index contributed by atoms with van der Waals surface area (Å²) in [6.07, 6.45) is 47.1. The number of rotatable bonds is 45. The van der Waals surface area contributed by atoms with Gasteiger partial charge in [0, 0.05) is 37.5 Å². The zero-order chi connectivity index (χ0) is 73.8. The van der Waals surface area contributed by atoms with Crippen molar-refractivity contribution in [1.82, 2.24) is 9.80 Å². The van der Waals surface area contributed by atoms with Gasteiger partial charge in [0.25, 0.3) is 23.6 Å². The van der Waals surface area contributed by atoms with Gasteiger partial charge in [-0.05, 0) is 93.1 Å². The fraction of sp³-hybridized carbons (Fsp3) is 0.667. The second kappa shape index (κ2) is 42.2. The third kappa shape index (κ3) is 21.6. The summed E-state index contributed by atoms with van der Waals surface area (Å²) in [5.74, 6) is -0.435. The van der Waals surface area contributed by atoms with E-state index in [9.17, 15) is 19.2 Å². The number of aryl methyl sites for hydroxylation is 2. The van der Waals surface area contributed by atoms with Gasteiger partial charge in [0.2, 0.25) is 0 Å². The molecule has 4 aliphatic heterocycles. The Labute approximate surface area is 670 Å². The van der Waals surface area contributed by atoms with Crippen LogP contribution in [0, 0.1) is 13.8 Å². The van der Waals surface area contributed by atoms with Crippen LogP contribution in [0.2, 0.25) is 53.8 Å². The molecule has 0 saturated carbocycles. The molecular formula is C84H130Br2N2O4S6Si2Sn2. The summed E-state index contributed by atoms with van der Waals surface area (Å²) in [5.41, 5.74) is 2.44. The average Bonchev–Trinajstić information content (AvgIpc) is 1.55. The van der Waals surface area contributed by atoms with Crippen LogP contribution in [0.15, 0.2) is 31.8 Å². The quantitative estimate of drug-likeness (QED) is 0.0217. The predicted octanol–water partition coefficient (Wildman–Crippen LogP) is 26.8. The maximum atomic E-state index is 13.9. The molecule has 0 atom stereocenters. The Kier molecular flexibility index (Phi) is 36.0. The van der Waals surface area contributed by atoms with Crippen molar-refractivity contribution in [1.29, 1.82) is 0 Å². The van der Waals surface area contributed by atoms with Gasteiger partial charge in [-0.25, -0.2) is 0 Å². The number of halogens is 2. The molecule has 6 aromatic heterocycles. The Morgan fingerprint density at radius 1 is 0.324 bits per heavy atom. The predicted molar refractivity (Wildman–Crippen MR) is 474 cm³/mol. The minimum absolute atomic E-state index is 0.0539. The number of imide groups is 2. The van der Waals surface area contributed by atoms with E-state index in [0.717, 1.165) is 43.0 Å². The molecule has 0 saturated heterocycles. The van der Waals surface area contributed by atoms with Crippen molar-refractivity contribution < 1.29 is 19.2 Å².